The minimum Gasteiger partial charge on any atom is -0.325 e. The van der Waals surface area contributed by atoms with E-state index in [9.17, 15) is 18.0 Å². The molecular formula is C24H32F3N7O. The number of aromatic nitrogens is 2. The molecule has 8 nitrogen and oxygen atoms in total. The zero-order valence-electron chi connectivity index (χ0n) is 19.7. The normalized spacial score (nSPS) is 27.2. The van der Waals surface area contributed by atoms with Gasteiger partial charge < -0.3 is 15.2 Å². The first kappa shape index (κ1) is 23.0. The van der Waals surface area contributed by atoms with Gasteiger partial charge in [-0.1, -0.05) is 6.42 Å². The molecule has 11 heteroatoms. The number of alkyl halides is 3. The summed E-state index contributed by atoms with van der Waals surface area (Å²) >= 11 is 0. The van der Waals surface area contributed by atoms with E-state index < -0.39 is 12.0 Å². The van der Waals surface area contributed by atoms with E-state index in [1.54, 1.807) is 0 Å². The maximum atomic E-state index is 13.0. The first-order valence-corrected chi connectivity index (χ1v) is 12.8. The first-order chi connectivity index (χ1) is 16.8. The summed E-state index contributed by atoms with van der Waals surface area (Å²) in [7, 11) is 0. The predicted molar refractivity (Wildman–Crippen MR) is 122 cm³/mol. The predicted octanol–water partition coefficient (Wildman–Crippen LogP) is 3.21. The maximum Gasteiger partial charge on any atom is 0.451 e. The van der Waals surface area contributed by atoms with Crippen molar-refractivity contribution in [2.75, 3.05) is 26.2 Å². The molecule has 5 aliphatic rings. The Morgan fingerprint density at radius 1 is 1.06 bits per heavy atom. The van der Waals surface area contributed by atoms with Crippen LogP contribution in [0.1, 0.15) is 56.3 Å². The molecule has 1 spiro atoms. The topological polar surface area (TPSA) is 85.8 Å². The number of urea groups is 1. The van der Waals surface area contributed by atoms with Crippen LogP contribution in [0.4, 0.5) is 18.0 Å². The summed E-state index contributed by atoms with van der Waals surface area (Å²) < 4.78 is 37.9. The Hall–Kier alpha value is -2.43. The number of nitrogens with zero attached hydrogens (tertiary/aromatic N) is 5. The molecule has 1 aromatic heterocycles. The number of amidine groups is 1. The van der Waals surface area contributed by atoms with E-state index in [-0.39, 0.29) is 17.6 Å². The number of halogens is 3. The third kappa shape index (κ3) is 4.47. The number of carbonyl (C=O) groups excluding carboxylic acids is 1. The highest BCUT2D eigenvalue weighted by molar-refractivity contribution is 5.87. The van der Waals surface area contributed by atoms with Crippen LogP contribution in [-0.2, 0) is 12.6 Å². The number of piperidine rings is 1. The summed E-state index contributed by atoms with van der Waals surface area (Å²) in [4.78, 5) is 28.7. The Morgan fingerprint density at radius 2 is 1.74 bits per heavy atom. The van der Waals surface area contributed by atoms with E-state index in [4.69, 9.17) is 4.99 Å². The van der Waals surface area contributed by atoms with E-state index in [2.05, 4.69) is 20.8 Å². The summed E-state index contributed by atoms with van der Waals surface area (Å²) in [5.74, 6) is 1.49. The molecule has 0 radical (unpaired) electrons. The molecule has 3 aliphatic heterocycles. The van der Waals surface area contributed by atoms with Crippen molar-refractivity contribution in [1.29, 1.82) is 0 Å². The molecule has 6 rings (SSSR count). The number of carbonyl (C=O) groups is 1. The first-order valence-electron chi connectivity index (χ1n) is 12.8. The Morgan fingerprint density at radius 3 is 2.34 bits per heavy atom. The molecular weight excluding hydrogens is 459 g/mol. The SMILES string of the molecule is O=C(N1CCC(Cc2cnc(C(F)(F)F)nc2)CC1)N1CC2(CC(C3=NC(C4CCC4)NN3)C2)C1. The zero-order chi connectivity index (χ0) is 24.2. The quantitative estimate of drug-likeness (QED) is 0.676. The number of hydrogen-bond donors (Lipinski definition) is 2. The van der Waals surface area contributed by atoms with Crippen LogP contribution in [0.15, 0.2) is 17.4 Å². The van der Waals surface area contributed by atoms with E-state index in [0.29, 0.717) is 42.8 Å². The van der Waals surface area contributed by atoms with Gasteiger partial charge in [-0.25, -0.2) is 20.2 Å². The summed E-state index contributed by atoms with van der Waals surface area (Å²) in [5, 5.41) is 0. The van der Waals surface area contributed by atoms with E-state index in [1.807, 2.05) is 9.80 Å². The van der Waals surface area contributed by atoms with Crippen molar-refractivity contribution in [2.24, 2.45) is 28.2 Å². The highest BCUT2D eigenvalue weighted by atomic mass is 19.4. The Labute approximate surface area is 202 Å². The summed E-state index contributed by atoms with van der Waals surface area (Å²) in [5.41, 5.74) is 7.63. The molecule has 0 bridgehead atoms. The van der Waals surface area contributed by atoms with Crippen LogP contribution >= 0.6 is 0 Å². The van der Waals surface area contributed by atoms with Crippen molar-refractivity contribution in [3.8, 4) is 0 Å². The Bertz CT molecular complexity index is 972. The number of hydrazine groups is 1. The van der Waals surface area contributed by atoms with E-state index in [0.717, 1.165) is 44.6 Å². The lowest BCUT2D eigenvalue weighted by atomic mass is 9.57. The van der Waals surface area contributed by atoms with Gasteiger partial charge in [0.15, 0.2) is 0 Å². The van der Waals surface area contributed by atoms with E-state index in [1.165, 1.54) is 31.7 Å². The zero-order valence-corrected chi connectivity index (χ0v) is 19.7. The van der Waals surface area contributed by atoms with Gasteiger partial charge in [-0.05, 0) is 62.3 Å². The van der Waals surface area contributed by atoms with Gasteiger partial charge in [0.25, 0.3) is 0 Å². The van der Waals surface area contributed by atoms with Gasteiger partial charge in [-0.15, -0.1) is 0 Å². The van der Waals surface area contributed by atoms with Crippen molar-refractivity contribution in [1.82, 2.24) is 30.6 Å². The van der Waals surface area contributed by atoms with Crippen LogP contribution in [0.2, 0.25) is 0 Å². The molecule has 0 aromatic carbocycles. The van der Waals surface area contributed by atoms with Crippen LogP contribution in [-0.4, -0.2) is 64.0 Å². The average molecular weight is 492 g/mol. The van der Waals surface area contributed by atoms with Crippen molar-refractivity contribution in [3.05, 3.63) is 23.8 Å². The highest BCUT2D eigenvalue weighted by Crippen LogP contribution is 2.52. The monoisotopic (exact) mass is 491 g/mol. The lowest BCUT2D eigenvalue weighted by molar-refractivity contribution is -0.145. The molecule has 4 fully saturated rings. The molecule has 1 unspecified atom stereocenters. The van der Waals surface area contributed by atoms with Gasteiger partial charge >= 0.3 is 12.2 Å². The molecule has 1 aromatic rings. The van der Waals surface area contributed by atoms with Crippen molar-refractivity contribution >= 4 is 11.9 Å². The van der Waals surface area contributed by atoms with Crippen LogP contribution in [0.5, 0.6) is 0 Å². The van der Waals surface area contributed by atoms with Gasteiger partial charge in [-0.3, -0.25) is 4.99 Å². The molecule has 2 amide bonds. The van der Waals surface area contributed by atoms with Gasteiger partial charge in [0.1, 0.15) is 12.0 Å². The Balaban J connectivity index is 0.925. The maximum absolute atomic E-state index is 13.0. The molecule has 2 saturated heterocycles. The second-order valence-electron chi connectivity index (χ2n) is 11.2. The number of hydrogen-bond acceptors (Lipinski definition) is 6. The standard InChI is InChI=1S/C24H32F3N7O/c25-24(26,27)21-28-11-16(12-29-21)8-15-4-6-33(7-5-15)22(35)34-13-23(14-34)9-18(10-23)20-30-19(31-32-20)17-2-1-3-17/h11-12,15,17-19,31H,1-10,13-14H2,(H,30,32). The molecule has 190 valence electrons. The van der Waals surface area contributed by atoms with Crippen LogP contribution in [0.25, 0.3) is 0 Å². The Kier molecular flexibility index (Phi) is 5.65. The third-order valence-corrected chi connectivity index (χ3v) is 8.66. The van der Waals surface area contributed by atoms with Crippen molar-refractivity contribution < 1.29 is 18.0 Å². The third-order valence-electron chi connectivity index (χ3n) is 8.66. The molecule has 4 heterocycles. The largest absolute Gasteiger partial charge is 0.451 e. The second kappa shape index (κ2) is 8.60. The molecule has 35 heavy (non-hydrogen) atoms. The highest BCUT2D eigenvalue weighted by Gasteiger charge is 2.56. The lowest BCUT2D eigenvalue weighted by Crippen LogP contribution is -2.67. The summed E-state index contributed by atoms with van der Waals surface area (Å²) in [6, 6.07) is 0.124. The van der Waals surface area contributed by atoms with Crippen LogP contribution < -0.4 is 10.9 Å². The number of aliphatic imine (C=N–C) groups is 1. The minimum atomic E-state index is -4.52. The van der Waals surface area contributed by atoms with Crippen LogP contribution in [0.3, 0.4) is 0 Å². The average Bonchev–Trinajstić information content (AvgIpc) is 3.19. The fraction of sp³-hybridized carbons (Fsp3) is 0.750. The molecule has 2 saturated carbocycles. The second-order valence-corrected chi connectivity index (χ2v) is 11.2. The smallest absolute Gasteiger partial charge is 0.325 e. The fourth-order valence-corrected chi connectivity index (χ4v) is 6.35. The molecule has 1 atom stereocenters. The van der Waals surface area contributed by atoms with E-state index >= 15 is 0 Å². The van der Waals surface area contributed by atoms with Crippen molar-refractivity contribution in [3.63, 3.8) is 0 Å². The van der Waals surface area contributed by atoms with Gasteiger partial charge in [0, 0.05) is 49.9 Å². The number of nitrogens with one attached hydrogen (secondary N) is 2. The number of likely N-dealkylation sites (tertiary alicyclic amines) is 2. The number of amides is 2. The summed E-state index contributed by atoms with van der Waals surface area (Å²) in [6.07, 6.45) is 6.63. The fourth-order valence-electron chi connectivity index (χ4n) is 6.35. The molecule has 2 aliphatic carbocycles. The van der Waals surface area contributed by atoms with Gasteiger partial charge in [-0.2, -0.15) is 13.2 Å². The lowest BCUT2D eigenvalue weighted by Gasteiger charge is -2.59. The summed E-state index contributed by atoms with van der Waals surface area (Å²) in [6.45, 7) is 3.04. The minimum absolute atomic E-state index is 0.124. The van der Waals surface area contributed by atoms with Crippen LogP contribution in [0, 0.1) is 23.2 Å². The van der Waals surface area contributed by atoms with Crippen molar-refractivity contribution in [2.45, 2.75) is 63.7 Å². The number of rotatable bonds is 4. The van der Waals surface area contributed by atoms with Gasteiger partial charge in [0.05, 0.1) is 0 Å². The van der Waals surface area contributed by atoms with Gasteiger partial charge in [0.2, 0.25) is 5.82 Å². The molecule has 2 N–H and O–H groups in total.